The number of aryl methyl sites for hydroxylation is 1. The fourth-order valence-electron chi connectivity index (χ4n) is 1.16. The molecule has 4 nitrogen and oxygen atoms in total. The zero-order chi connectivity index (χ0) is 11.3. The van der Waals surface area contributed by atoms with Gasteiger partial charge in [0.15, 0.2) is 0 Å². The highest BCUT2D eigenvalue weighted by Crippen LogP contribution is 2.17. The highest BCUT2D eigenvalue weighted by atomic mass is 16.5. The van der Waals surface area contributed by atoms with E-state index in [-0.39, 0.29) is 0 Å². The van der Waals surface area contributed by atoms with Crippen molar-refractivity contribution in [3.05, 3.63) is 23.4 Å². The van der Waals surface area contributed by atoms with Gasteiger partial charge in [0, 0.05) is 6.20 Å². The van der Waals surface area contributed by atoms with Gasteiger partial charge in [0.1, 0.15) is 5.56 Å². The predicted molar refractivity (Wildman–Crippen MR) is 56.1 cm³/mol. The van der Waals surface area contributed by atoms with Crippen molar-refractivity contribution < 1.29 is 14.3 Å². The minimum Gasteiger partial charge on any atom is -0.477 e. The third kappa shape index (κ3) is 2.94. The summed E-state index contributed by atoms with van der Waals surface area (Å²) in [5.41, 5.74) is 1.29. The lowest BCUT2D eigenvalue weighted by atomic mass is 10.2. The number of nitrogens with zero attached hydrogens (tertiary/aromatic N) is 1. The van der Waals surface area contributed by atoms with Gasteiger partial charge in [-0.1, -0.05) is 0 Å². The molecule has 1 heterocycles. The number of esters is 1. The third-order valence-electron chi connectivity index (χ3n) is 1.76. The van der Waals surface area contributed by atoms with Gasteiger partial charge in [-0.3, -0.25) is 0 Å². The Morgan fingerprint density at radius 2 is 2.13 bits per heavy atom. The van der Waals surface area contributed by atoms with Crippen molar-refractivity contribution in [1.29, 1.82) is 0 Å². The van der Waals surface area contributed by atoms with Crippen molar-refractivity contribution in [3.63, 3.8) is 0 Å². The Morgan fingerprint density at radius 3 is 2.73 bits per heavy atom. The molecular weight excluding hydrogens is 194 g/mol. The Hall–Kier alpha value is -1.58. The van der Waals surface area contributed by atoms with Gasteiger partial charge >= 0.3 is 5.97 Å². The molecule has 0 aliphatic carbocycles. The lowest BCUT2D eigenvalue weighted by Gasteiger charge is -2.08. The zero-order valence-corrected chi connectivity index (χ0v) is 9.24. The maximum absolute atomic E-state index is 11.6. The molecule has 1 rings (SSSR count). The summed E-state index contributed by atoms with van der Waals surface area (Å²) < 4.78 is 10.2. The minimum atomic E-state index is -0.392. The van der Waals surface area contributed by atoms with E-state index in [4.69, 9.17) is 9.47 Å². The van der Waals surface area contributed by atoms with Crippen LogP contribution in [0.2, 0.25) is 0 Å². The average Bonchev–Trinajstić information content (AvgIpc) is 2.21. The van der Waals surface area contributed by atoms with Crippen LogP contribution in [0.15, 0.2) is 12.3 Å². The molecule has 0 saturated carbocycles. The normalized spacial score (nSPS) is 9.80. The van der Waals surface area contributed by atoms with Gasteiger partial charge in [-0.05, 0) is 32.4 Å². The summed E-state index contributed by atoms with van der Waals surface area (Å²) >= 11 is 0. The molecule has 0 atom stereocenters. The number of hydrogen-bond donors (Lipinski definition) is 0. The third-order valence-corrected chi connectivity index (χ3v) is 1.76. The van der Waals surface area contributed by atoms with Gasteiger partial charge in [0.2, 0.25) is 5.88 Å². The number of pyridine rings is 1. The van der Waals surface area contributed by atoms with E-state index in [0.29, 0.717) is 24.7 Å². The number of ether oxygens (including phenoxy) is 2. The van der Waals surface area contributed by atoms with Crippen LogP contribution in [0.3, 0.4) is 0 Å². The maximum Gasteiger partial charge on any atom is 0.343 e. The summed E-state index contributed by atoms with van der Waals surface area (Å²) in [5.74, 6) is -0.0568. The summed E-state index contributed by atoms with van der Waals surface area (Å²) in [5, 5.41) is 0. The number of carbonyl (C=O) groups excluding carboxylic acids is 1. The van der Waals surface area contributed by atoms with Crippen LogP contribution in [-0.4, -0.2) is 24.2 Å². The second kappa shape index (κ2) is 5.34. The maximum atomic E-state index is 11.6. The fraction of sp³-hybridized carbons (Fsp3) is 0.455. The summed E-state index contributed by atoms with van der Waals surface area (Å²) in [4.78, 5) is 15.6. The Kier molecular flexibility index (Phi) is 4.09. The van der Waals surface area contributed by atoms with Gasteiger partial charge in [-0.25, -0.2) is 9.78 Å². The van der Waals surface area contributed by atoms with Crippen LogP contribution in [0.25, 0.3) is 0 Å². The first kappa shape index (κ1) is 11.5. The molecular formula is C11H15NO3. The van der Waals surface area contributed by atoms with E-state index in [1.54, 1.807) is 19.2 Å². The van der Waals surface area contributed by atoms with Crippen LogP contribution < -0.4 is 4.74 Å². The Morgan fingerprint density at radius 1 is 1.40 bits per heavy atom. The minimum absolute atomic E-state index is 0.335. The molecule has 0 bridgehead atoms. The molecule has 0 spiro atoms. The second-order valence-corrected chi connectivity index (χ2v) is 3.02. The van der Waals surface area contributed by atoms with E-state index in [2.05, 4.69) is 4.98 Å². The number of rotatable bonds is 4. The highest BCUT2D eigenvalue weighted by Gasteiger charge is 2.14. The van der Waals surface area contributed by atoms with Crippen LogP contribution in [-0.2, 0) is 4.74 Å². The molecule has 0 amide bonds. The molecule has 0 aliphatic heterocycles. The lowest BCUT2D eigenvalue weighted by molar-refractivity contribution is 0.0521. The van der Waals surface area contributed by atoms with Crippen LogP contribution in [0, 0.1) is 6.92 Å². The molecule has 0 saturated heterocycles. The SMILES string of the molecule is CCOC(=O)c1cc(C)cnc1OCC. The quantitative estimate of drug-likeness (QED) is 0.711. The summed E-state index contributed by atoms with van der Waals surface area (Å²) in [7, 11) is 0. The number of carbonyl (C=O) groups is 1. The van der Waals surface area contributed by atoms with Crippen molar-refractivity contribution in [2.24, 2.45) is 0 Å². The summed E-state index contributed by atoms with van der Waals surface area (Å²) in [6.07, 6.45) is 1.66. The van der Waals surface area contributed by atoms with E-state index in [1.165, 1.54) is 0 Å². The van der Waals surface area contributed by atoms with E-state index in [9.17, 15) is 4.79 Å². The highest BCUT2D eigenvalue weighted by molar-refractivity contribution is 5.92. The van der Waals surface area contributed by atoms with Gasteiger partial charge in [0.05, 0.1) is 13.2 Å². The summed E-state index contributed by atoms with van der Waals surface area (Å²) in [6.45, 7) is 6.30. The topological polar surface area (TPSA) is 48.4 Å². The van der Waals surface area contributed by atoms with Gasteiger partial charge in [-0.2, -0.15) is 0 Å². The van der Waals surface area contributed by atoms with Crippen molar-refractivity contribution in [3.8, 4) is 5.88 Å². The monoisotopic (exact) mass is 209 g/mol. The fourth-order valence-corrected chi connectivity index (χ4v) is 1.16. The molecule has 0 radical (unpaired) electrons. The van der Waals surface area contributed by atoms with E-state index >= 15 is 0 Å². The molecule has 1 aromatic heterocycles. The average molecular weight is 209 g/mol. The number of hydrogen-bond acceptors (Lipinski definition) is 4. The Labute approximate surface area is 89.2 Å². The number of aromatic nitrogens is 1. The smallest absolute Gasteiger partial charge is 0.343 e. The van der Waals surface area contributed by atoms with E-state index in [1.807, 2.05) is 13.8 Å². The first-order valence-corrected chi connectivity index (χ1v) is 4.95. The molecule has 15 heavy (non-hydrogen) atoms. The molecule has 1 aromatic rings. The molecule has 0 N–H and O–H groups in total. The van der Waals surface area contributed by atoms with Gasteiger partial charge in [-0.15, -0.1) is 0 Å². The van der Waals surface area contributed by atoms with Crippen molar-refractivity contribution in [2.45, 2.75) is 20.8 Å². The standard InChI is InChI=1S/C11H15NO3/c1-4-14-10-9(11(13)15-5-2)6-8(3)7-12-10/h6-7H,4-5H2,1-3H3. The lowest BCUT2D eigenvalue weighted by Crippen LogP contribution is -2.09. The second-order valence-electron chi connectivity index (χ2n) is 3.02. The van der Waals surface area contributed by atoms with E-state index in [0.717, 1.165) is 5.56 Å². The van der Waals surface area contributed by atoms with Crippen molar-refractivity contribution in [1.82, 2.24) is 4.98 Å². The van der Waals surface area contributed by atoms with Crippen LogP contribution in [0.4, 0.5) is 0 Å². The first-order valence-electron chi connectivity index (χ1n) is 4.95. The molecule has 0 aliphatic rings. The molecule has 0 fully saturated rings. The predicted octanol–water partition coefficient (Wildman–Crippen LogP) is 1.97. The van der Waals surface area contributed by atoms with E-state index < -0.39 is 5.97 Å². The molecule has 4 heteroatoms. The van der Waals surface area contributed by atoms with Gasteiger partial charge in [0.25, 0.3) is 0 Å². The molecule has 0 aromatic carbocycles. The first-order chi connectivity index (χ1) is 7.19. The van der Waals surface area contributed by atoms with Crippen LogP contribution in [0.1, 0.15) is 29.8 Å². The molecule has 82 valence electrons. The largest absolute Gasteiger partial charge is 0.477 e. The molecule has 0 unspecified atom stereocenters. The Balaban J connectivity index is 3.00. The van der Waals surface area contributed by atoms with Gasteiger partial charge < -0.3 is 9.47 Å². The van der Waals surface area contributed by atoms with Crippen LogP contribution >= 0.6 is 0 Å². The van der Waals surface area contributed by atoms with Crippen LogP contribution in [0.5, 0.6) is 5.88 Å². The summed E-state index contributed by atoms with van der Waals surface area (Å²) in [6, 6.07) is 1.72. The van der Waals surface area contributed by atoms with Crippen molar-refractivity contribution in [2.75, 3.05) is 13.2 Å². The van der Waals surface area contributed by atoms with Crippen molar-refractivity contribution >= 4 is 5.97 Å². The zero-order valence-electron chi connectivity index (χ0n) is 9.24. The Bertz CT molecular complexity index is 350.